The van der Waals surface area contributed by atoms with E-state index in [0.717, 1.165) is 17.3 Å². The third-order valence-electron chi connectivity index (χ3n) is 3.82. The molecule has 0 saturated carbocycles. The lowest BCUT2D eigenvalue weighted by Gasteiger charge is -2.23. The van der Waals surface area contributed by atoms with E-state index in [0.29, 0.717) is 30.3 Å². The van der Waals surface area contributed by atoms with Gasteiger partial charge >= 0.3 is 0 Å². The molecular formula is C17H24F2N2O. The van der Waals surface area contributed by atoms with Gasteiger partial charge in [0.2, 0.25) is 0 Å². The van der Waals surface area contributed by atoms with Gasteiger partial charge in [-0.1, -0.05) is 0 Å². The van der Waals surface area contributed by atoms with Crippen LogP contribution in [-0.4, -0.2) is 28.3 Å². The van der Waals surface area contributed by atoms with E-state index < -0.39 is 17.2 Å². The molecule has 2 aromatic rings. The van der Waals surface area contributed by atoms with E-state index >= 15 is 0 Å². The number of aromatic amines is 1. The molecule has 2 rings (SSSR count). The molecule has 3 nitrogen and oxygen atoms in total. The molecule has 3 N–H and O–H groups in total. The normalized spacial score (nSPS) is 13.8. The Kier molecular flexibility index (Phi) is 4.87. The zero-order chi connectivity index (χ0) is 16.5. The number of hydrogen-bond donors (Lipinski definition) is 3. The van der Waals surface area contributed by atoms with E-state index in [9.17, 15) is 13.9 Å². The summed E-state index contributed by atoms with van der Waals surface area (Å²) in [4.78, 5) is 2.99. The summed E-state index contributed by atoms with van der Waals surface area (Å²) in [5.74, 6) is -1.12. The van der Waals surface area contributed by atoms with Crippen molar-refractivity contribution in [2.24, 2.45) is 0 Å². The second-order valence-electron chi connectivity index (χ2n) is 6.66. The Bertz CT molecular complexity index is 659. The van der Waals surface area contributed by atoms with E-state index in [4.69, 9.17) is 0 Å². The maximum atomic E-state index is 13.8. The highest BCUT2D eigenvalue weighted by molar-refractivity contribution is 5.85. The summed E-state index contributed by atoms with van der Waals surface area (Å²) in [6.07, 6.45) is 1.31. The number of nitrogens with one attached hydrogen (secondary N) is 2. The van der Waals surface area contributed by atoms with Gasteiger partial charge in [0.1, 0.15) is 11.6 Å². The Morgan fingerprint density at radius 2 is 2.00 bits per heavy atom. The van der Waals surface area contributed by atoms with Gasteiger partial charge in [0.15, 0.2) is 0 Å². The zero-order valence-corrected chi connectivity index (χ0v) is 13.6. The number of H-pyrrole nitrogens is 1. The minimum absolute atomic E-state index is 0.166. The molecule has 0 aliphatic carbocycles. The van der Waals surface area contributed by atoms with Crippen molar-refractivity contribution < 1.29 is 13.9 Å². The van der Waals surface area contributed by atoms with Crippen LogP contribution < -0.4 is 5.32 Å². The molecule has 0 saturated heterocycles. The number of fused-ring (bicyclic) bond motifs is 1. The monoisotopic (exact) mass is 310 g/mol. The van der Waals surface area contributed by atoms with Gasteiger partial charge in [0, 0.05) is 23.2 Å². The van der Waals surface area contributed by atoms with Crippen LogP contribution in [0.15, 0.2) is 12.1 Å². The minimum atomic E-state index is -0.713. The first-order valence-electron chi connectivity index (χ1n) is 7.59. The second-order valence-corrected chi connectivity index (χ2v) is 6.66. The van der Waals surface area contributed by atoms with Crippen LogP contribution in [0.2, 0.25) is 0 Å². The molecule has 0 radical (unpaired) electrons. The van der Waals surface area contributed by atoms with E-state index in [-0.39, 0.29) is 6.04 Å². The molecule has 0 aliphatic rings. The SMILES string of the molecule is Cc1[nH]c2c(F)cc(F)cc2c1CCN[C@@H](C)CC(C)(C)O. The molecule has 0 fully saturated rings. The molecule has 0 spiro atoms. The van der Waals surface area contributed by atoms with E-state index in [1.807, 2.05) is 13.8 Å². The van der Waals surface area contributed by atoms with Crippen molar-refractivity contribution in [2.45, 2.75) is 52.2 Å². The average molecular weight is 310 g/mol. The number of halogens is 2. The van der Waals surface area contributed by atoms with Gasteiger partial charge in [-0.25, -0.2) is 8.78 Å². The third kappa shape index (κ3) is 4.05. The molecule has 122 valence electrons. The Morgan fingerprint density at radius 1 is 1.32 bits per heavy atom. The Morgan fingerprint density at radius 3 is 2.64 bits per heavy atom. The zero-order valence-electron chi connectivity index (χ0n) is 13.6. The Hall–Kier alpha value is -1.46. The number of rotatable bonds is 6. The van der Waals surface area contributed by atoms with Crippen LogP contribution in [0.5, 0.6) is 0 Å². The first-order valence-corrected chi connectivity index (χ1v) is 7.59. The lowest BCUT2D eigenvalue weighted by Crippen LogP contribution is -2.35. The van der Waals surface area contributed by atoms with Crippen molar-refractivity contribution in [3.05, 3.63) is 35.0 Å². The molecule has 1 atom stereocenters. The summed E-state index contributed by atoms with van der Waals surface area (Å²) in [7, 11) is 0. The van der Waals surface area contributed by atoms with Gasteiger partial charge in [-0.05, 0) is 58.7 Å². The van der Waals surface area contributed by atoms with Crippen molar-refractivity contribution in [1.82, 2.24) is 10.3 Å². The van der Waals surface area contributed by atoms with E-state index in [1.165, 1.54) is 6.07 Å². The maximum absolute atomic E-state index is 13.8. The molecule has 0 aliphatic heterocycles. The maximum Gasteiger partial charge on any atom is 0.150 e. The molecule has 0 amide bonds. The van der Waals surface area contributed by atoms with Crippen molar-refractivity contribution in [2.75, 3.05) is 6.54 Å². The molecule has 1 aromatic heterocycles. The molecule has 5 heteroatoms. The minimum Gasteiger partial charge on any atom is -0.390 e. The predicted molar refractivity (Wildman–Crippen MR) is 85.0 cm³/mol. The lowest BCUT2D eigenvalue weighted by atomic mass is 10.00. The largest absolute Gasteiger partial charge is 0.390 e. The molecule has 0 bridgehead atoms. The Balaban J connectivity index is 2.07. The van der Waals surface area contributed by atoms with Crippen molar-refractivity contribution in [1.29, 1.82) is 0 Å². The smallest absolute Gasteiger partial charge is 0.150 e. The van der Waals surface area contributed by atoms with Crippen molar-refractivity contribution in [3.8, 4) is 0 Å². The molecule has 1 heterocycles. The number of aromatic nitrogens is 1. The van der Waals surface area contributed by atoms with Crippen LogP contribution in [-0.2, 0) is 6.42 Å². The van der Waals surface area contributed by atoms with Gasteiger partial charge in [-0.3, -0.25) is 0 Å². The standard InChI is InChI=1S/C17H24F2N2O/c1-10(9-17(3,4)22)20-6-5-13-11(2)21-16-14(13)7-12(18)8-15(16)19/h7-8,10,20-22H,5-6,9H2,1-4H3/t10-/m0/s1. The first kappa shape index (κ1) is 16.9. The first-order chi connectivity index (χ1) is 10.2. The van der Waals surface area contributed by atoms with E-state index in [2.05, 4.69) is 10.3 Å². The van der Waals surface area contributed by atoms with Crippen molar-refractivity contribution in [3.63, 3.8) is 0 Å². The molecule has 1 aromatic carbocycles. The Labute approximate surface area is 129 Å². The quantitative estimate of drug-likeness (QED) is 0.765. The van der Waals surface area contributed by atoms with Crippen LogP contribution in [0.25, 0.3) is 10.9 Å². The van der Waals surface area contributed by atoms with Crippen molar-refractivity contribution >= 4 is 10.9 Å². The fourth-order valence-electron chi connectivity index (χ4n) is 2.99. The number of aliphatic hydroxyl groups is 1. The van der Waals surface area contributed by atoms with Gasteiger partial charge in [0.25, 0.3) is 0 Å². The second kappa shape index (κ2) is 6.34. The molecule has 0 unspecified atom stereocenters. The summed E-state index contributed by atoms with van der Waals surface area (Å²) in [5, 5.41) is 13.7. The fraction of sp³-hybridized carbons (Fsp3) is 0.529. The lowest BCUT2D eigenvalue weighted by molar-refractivity contribution is 0.0614. The number of aryl methyl sites for hydroxylation is 1. The van der Waals surface area contributed by atoms with Gasteiger partial charge < -0.3 is 15.4 Å². The average Bonchev–Trinajstić information content (AvgIpc) is 2.65. The molecular weight excluding hydrogens is 286 g/mol. The summed E-state index contributed by atoms with van der Waals surface area (Å²) in [6.45, 7) is 8.12. The van der Waals surface area contributed by atoms with Gasteiger partial charge in [-0.2, -0.15) is 0 Å². The number of hydrogen-bond acceptors (Lipinski definition) is 2. The van der Waals surface area contributed by atoms with Crippen LogP contribution >= 0.6 is 0 Å². The highest BCUT2D eigenvalue weighted by Gasteiger charge is 2.17. The highest BCUT2D eigenvalue weighted by atomic mass is 19.1. The van der Waals surface area contributed by atoms with Crippen LogP contribution in [0.1, 0.15) is 38.4 Å². The van der Waals surface area contributed by atoms with E-state index in [1.54, 1.807) is 13.8 Å². The summed E-state index contributed by atoms with van der Waals surface area (Å²) < 4.78 is 27.2. The summed E-state index contributed by atoms with van der Waals surface area (Å²) >= 11 is 0. The van der Waals surface area contributed by atoms with Gasteiger partial charge in [0.05, 0.1) is 11.1 Å². The van der Waals surface area contributed by atoms with Gasteiger partial charge in [-0.15, -0.1) is 0 Å². The highest BCUT2D eigenvalue weighted by Crippen LogP contribution is 2.26. The fourth-order valence-corrected chi connectivity index (χ4v) is 2.99. The third-order valence-corrected chi connectivity index (χ3v) is 3.82. The van der Waals surface area contributed by atoms with Crippen LogP contribution in [0.3, 0.4) is 0 Å². The summed E-state index contributed by atoms with van der Waals surface area (Å²) in [5.41, 5.74) is 1.43. The number of benzene rings is 1. The predicted octanol–water partition coefficient (Wildman–Crippen LogP) is 3.44. The molecule has 22 heavy (non-hydrogen) atoms. The van der Waals surface area contributed by atoms with Crippen LogP contribution in [0.4, 0.5) is 8.78 Å². The van der Waals surface area contributed by atoms with Crippen LogP contribution in [0, 0.1) is 18.6 Å². The topological polar surface area (TPSA) is 48.0 Å². The summed E-state index contributed by atoms with van der Waals surface area (Å²) in [6, 6.07) is 2.43.